The summed E-state index contributed by atoms with van der Waals surface area (Å²) in [6, 6.07) is 9.41. The summed E-state index contributed by atoms with van der Waals surface area (Å²) < 4.78 is 0. The minimum atomic E-state index is 0.115. The van der Waals surface area contributed by atoms with Crippen molar-refractivity contribution in [2.45, 2.75) is 13.8 Å². The molecule has 0 spiro atoms. The average Bonchev–Trinajstić information content (AvgIpc) is 2.25. The lowest BCUT2D eigenvalue weighted by molar-refractivity contribution is 0.102. The zero-order valence-corrected chi connectivity index (χ0v) is 10.4. The first-order valence-corrected chi connectivity index (χ1v) is 5.50. The molecule has 16 heavy (non-hydrogen) atoms. The van der Waals surface area contributed by atoms with Crippen molar-refractivity contribution in [1.82, 2.24) is 4.90 Å². The molecule has 0 aliphatic rings. The maximum absolute atomic E-state index is 12.2. The number of nitrogens with zero attached hydrogens (tertiary/aromatic N) is 1. The van der Waals surface area contributed by atoms with Crippen molar-refractivity contribution < 1.29 is 4.79 Å². The van der Waals surface area contributed by atoms with Crippen molar-refractivity contribution in [2.75, 3.05) is 14.1 Å². The van der Waals surface area contributed by atoms with E-state index in [0.29, 0.717) is 0 Å². The maximum atomic E-state index is 12.2. The van der Waals surface area contributed by atoms with E-state index in [9.17, 15) is 4.79 Å². The lowest BCUT2D eigenvalue weighted by Gasteiger charge is -2.14. The normalized spacial score (nSPS) is 11.7. The quantitative estimate of drug-likeness (QED) is 0.571. The maximum Gasteiger partial charge on any atom is 0.190 e. The molecular formula is C14H19NO. The van der Waals surface area contributed by atoms with Crippen molar-refractivity contribution in [3.8, 4) is 0 Å². The van der Waals surface area contributed by atoms with E-state index in [1.807, 2.05) is 69.4 Å². The Balaban J connectivity index is 3.02. The Labute approximate surface area is 97.6 Å². The smallest absolute Gasteiger partial charge is 0.190 e. The molecule has 0 saturated heterocycles. The summed E-state index contributed by atoms with van der Waals surface area (Å²) in [4.78, 5) is 14.1. The van der Waals surface area contributed by atoms with E-state index < -0.39 is 0 Å². The fourth-order valence-electron chi connectivity index (χ4n) is 1.50. The van der Waals surface area contributed by atoms with Gasteiger partial charge in [-0.15, -0.1) is 0 Å². The molecule has 0 amide bonds. The van der Waals surface area contributed by atoms with Gasteiger partial charge in [0.1, 0.15) is 0 Å². The van der Waals surface area contributed by atoms with Gasteiger partial charge in [0.05, 0.1) is 0 Å². The molecule has 0 aliphatic carbocycles. The van der Waals surface area contributed by atoms with Crippen molar-refractivity contribution in [3.05, 3.63) is 47.7 Å². The third-order valence-electron chi connectivity index (χ3n) is 2.32. The van der Waals surface area contributed by atoms with Crippen molar-refractivity contribution in [1.29, 1.82) is 0 Å². The Hall–Kier alpha value is -1.57. The number of hydrogen-bond donors (Lipinski definition) is 0. The fourth-order valence-corrected chi connectivity index (χ4v) is 1.50. The van der Waals surface area contributed by atoms with Gasteiger partial charge in [-0.25, -0.2) is 0 Å². The van der Waals surface area contributed by atoms with Crippen LogP contribution in [0.3, 0.4) is 0 Å². The molecule has 0 N–H and O–H groups in total. The van der Waals surface area contributed by atoms with Crippen LogP contribution in [-0.2, 0) is 0 Å². The molecule has 0 aliphatic heterocycles. The van der Waals surface area contributed by atoms with E-state index in [4.69, 9.17) is 0 Å². The molecular weight excluding hydrogens is 198 g/mol. The number of hydrogen-bond acceptors (Lipinski definition) is 2. The Kier molecular flexibility index (Phi) is 4.29. The second-order valence-electron chi connectivity index (χ2n) is 4.40. The monoisotopic (exact) mass is 217 g/mol. The van der Waals surface area contributed by atoms with E-state index in [1.54, 1.807) is 0 Å². The summed E-state index contributed by atoms with van der Waals surface area (Å²) in [5.74, 6) is 0.347. The number of Topliss-reactive ketones (excluding diaryl/α,β-unsaturated/α-hetero) is 1. The first kappa shape index (κ1) is 12.5. The molecule has 0 unspecified atom stereocenters. The third-order valence-corrected chi connectivity index (χ3v) is 2.32. The van der Waals surface area contributed by atoms with Crippen molar-refractivity contribution in [2.24, 2.45) is 5.92 Å². The van der Waals surface area contributed by atoms with E-state index in [2.05, 4.69) is 0 Å². The lowest BCUT2D eigenvalue weighted by Crippen LogP contribution is -2.13. The van der Waals surface area contributed by atoms with E-state index in [1.165, 1.54) is 0 Å². The van der Waals surface area contributed by atoms with Gasteiger partial charge in [-0.3, -0.25) is 4.79 Å². The van der Waals surface area contributed by atoms with E-state index in [0.717, 1.165) is 11.1 Å². The summed E-state index contributed by atoms with van der Waals surface area (Å²) in [7, 11) is 3.86. The van der Waals surface area contributed by atoms with Crippen LogP contribution in [-0.4, -0.2) is 24.8 Å². The summed E-state index contributed by atoms with van der Waals surface area (Å²) in [5.41, 5.74) is 1.60. The molecule has 0 radical (unpaired) electrons. The number of allylic oxidation sites excluding steroid dienone is 1. The average molecular weight is 217 g/mol. The van der Waals surface area contributed by atoms with Gasteiger partial charge in [-0.05, 0) is 5.92 Å². The highest BCUT2D eigenvalue weighted by Crippen LogP contribution is 2.16. The number of benzene rings is 1. The zero-order valence-electron chi connectivity index (χ0n) is 10.4. The van der Waals surface area contributed by atoms with Crippen LogP contribution in [0.5, 0.6) is 0 Å². The number of carbonyl (C=O) groups is 1. The van der Waals surface area contributed by atoms with Crippen LogP contribution in [0.25, 0.3) is 0 Å². The van der Waals surface area contributed by atoms with Crippen LogP contribution in [0.1, 0.15) is 24.2 Å². The molecule has 0 atom stereocenters. The second-order valence-corrected chi connectivity index (χ2v) is 4.40. The van der Waals surface area contributed by atoms with Crippen molar-refractivity contribution in [3.63, 3.8) is 0 Å². The van der Waals surface area contributed by atoms with Gasteiger partial charge in [0, 0.05) is 31.4 Å². The Morgan fingerprint density at radius 2 is 1.75 bits per heavy atom. The van der Waals surface area contributed by atoms with E-state index in [-0.39, 0.29) is 11.7 Å². The summed E-state index contributed by atoms with van der Waals surface area (Å²) in [5, 5.41) is 0. The molecule has 0 heterocycles. The molecule has 2 nitrogen and oxygen atoms in total. The molecule has 0 fully saturated rings. The van der Waals surface area contributed by atoms with Crippen LogP contribution < -0.4 is 0 Å². The van der Waals surface area contributed by atoms with Crippen LogP contribution in [0.15, 0.2) is 42.1 Å². The molecule has 1 rings (SSSR count). The third kappa shape index (κ3) is 3.23. The first-order valence-electron chi connectivity index (χ1n) is 5.50. The van der Waals surface area contributed by atoms with Crippen LogP contribution in [0, 0.1) is 5.92 Å². The number of carbonyl (C=O) groups excluding carboxylic acids is 1. The van der Waals surface area contributed by atoms with Gasteiger partial charge in [-0.2, -0.15) is 0 Å². The zero-order chi connectivity index (χ0) is 12.1. The summed E-state index contributed by atoms with van der Waals surface area (Å²) in [6.45, 7) is 4.08. The standard InChI is InChI=1S/C14H19NO/c1-11(2)13(10-15(3)4)14(16)12-8-6-5-7-9-12/h5-11H,1-4H3/b13-10+. The highest BCUT2D eigenvalue weighted by molar-refractivity contribution is 6.08. The molecule has 1 aromatic carbocycles. The second kappa shape index (κ2) is 5.50. The van der Waals surface area contributed by atoms with Crippen LogP contribution in [0.4, 0.5) is 0 Å². The molecule has 2 heteroatoms. The summed E-state index contributed by atoms with van der Waals surface area (Å²) in [6.07, 6.45) is 1.90. The Morgan fingerprint density at radius 1 is 1.19 bits per heavy atom. The summed E-state index contributed by atoms with van der Waals surface area (Å²) >= 11 is 0. The van der Waals surface area contributed by atoms with Gasteiger partial charge in [0.2, 0.25) is 0 Å². The molecule has 0 aromatic heterocycles. The van der Waals surface area contributed by atoms with Gasteiger partial charge in [0.15, 0.2) is 5.78 Å². The van der Waals surface area contributed by atoms with Gasteiger partial charge in [-0.1, -0.05) is 44.2 Å². The van der Waals surface area contributed by atoms with Crippen molar-refractivity contribution >= 4 is 5.78 Å². The molecule has 1 aromatic rings. The SMILES string of the molecule is CC(C)/C(=C\N(C)C)C(=O)c1ccccc1. The largest absolute Gasteiger partial charge is 0.383 e. The highest BCUT2D eigenvalue weighted by Gasteiger charge is 2.15. The minimum Gasteiger partial charge on any atom is -0.383 e. The Morgan fingerprint density at radius 3 is 2.19 bits per heavy atom. The van der Waals surface area contributed by atoms with E-state index >= 15 is 0 Å². The van der Waals surface area contributed by atoms with Gasteiger partial charge >= 0.3 is 0 Å². The van der Waals surface area contributed by atoms with Crippen LogP contribution in [0.2, 0.25) is 0 Å². The number of ketones is 1. The minimum absolute atomic E-state index is 0.115. The first-order chi connectivity index (χ1) is 7.52. The molecule has 0 saturated carbocycles. The van der Waals surface area contributed by atoms with Gasteiger partial charge < -0.3 is 4.90 Å². The highest BCUT2D eigenvalue weighted by atomic mass is 16.1. The number of rotatable bonds is 4. The predicted octanol–water partition coefficient (Wildman–Crippen LogP) is 2.97. The van der Waals surface area contributed by atoms with Crippen LogP contribution >= 0.6 is 0 Å². The fraction of sp³-hybridized carbons (Fsp3) is 0.357. The molecule has 0 bridgehead atoms. The Bertz CT molecular complexity index is 377. The topological polar surface area (TPSA) is 20.3 Å². The predicted molar refractivity (Wildman–Crippen MR) is 67.4 cm³/mol. The molecule has 86 valence electrons. The lowest BCUT2D eigenvalue weighted by atomic mass is 9.95. The van der Waals surface area contributed by atoms with Gasteiger partial charge in [0.25, 0.3) is 0 Å².